The first-order valence-corrected chi connectivity index (χ1v) is 8.25. The number of halogens is 6. The summed E-state index contributed by atoms with van der Waals surface area (Å²) in [6, 6.07) is 10.2. The first-order valence-electron chi connectivity index (χ1n) is 8.25. The van der Waals surface area contributed by atoms with Gasteiger partial charge in [-0.3, -0.25) is 4.79 Å². The Kier molecular flexibility index (Phi) is 5.45. The lowest BCUT2D eigenvalue weighted by molar-refractivity contribution is -0.159. The Balaban J connectivity index is 1.65. The molecule has 0 radical (unpaired) electrons. The summed E-state index contributed by atoms with van der Waals surface area (Å²) >= 11 is 0. The van der Waals surface area contributed by atoms with Crippen LogP contribution in [0.4, 0.5) is 26.3 Å². The Bertz CT molecular complexity index is 1010. The minimum absolute atomic E-state index is 0.0267. The van der Waals surface area contributed by atoms with Crippen molar-refractivity contribution in [3.05, 3.63) is 71.1 Å². The number of Topliss-reactive ketones (excluding diaryl/α,β-unsaturated/α-hetero) is 1. The molecular formula is C19H12F6N2O2. The molecule has 152 valence electrons. The molecule has 29 heavy (non-hydrogen) atoms. The third kappa shape index (κ3) is 5.01. The van der Waals surface area contributed by atoms with E-state index in [2.05, 4.69) is 14.7 Å². The van der Waals surface area contributed by atoms with Crippen molar-refractivity contribution < 1.29 is 35.7 Å². The molecule has 2 aromatic carbocycles. The van der Waals surface area contributed by atoms with Crippen molar-refractivity contribution in [2.24, 2.45) is 0 Å². The van der Waals surface area contributed by atoms with Crippen LogP contribution in [0.1, 0.15) is 33.8 Å². The van der Waals surface area contributed by atoms with Gasteiger partial charge in [0.2, 0.25) is 5.82 Å². The Labute approximate surface area is 160 Å². The Morgan fingerprint density at radius 1 is 0.931 bits per heavy atom. The van der Waals surface area contributed by atoms with Crippen LogP contribution in [-0.4, -0.2) is 15.9 Å². The van der Waals surface area contributed by atoms with Gasteiger partial charge in [-0.05, 0) is 24.1 Å². The predicted octanol–water partition coefficient (Wildman–Crippen LogP) is 5.59. The lowest BCUT2D eigenvalue weighted by Crippen LogP contribution is -2.08. The quantitative estimate of drug-likeness (QED) is 0.404. The van der Waals surface area contributed by atoms with E-state index in [0.29, 0.717) is 5.56 Å². The molecule has 0 aliphatic rings. The first kappa shape index (κ1) is 20.6. The average Bonchev–Trinajstić information content (AvgIpc) is 3.17. The van der Waals surface area contributed by atoms with Gasteiger partial charge in [0.1, 0.15) is 0 Å². The van der Waals surface area contributed by atoms with Crippen LogP contribution in [0.25, 0.3) is 11.4 Å². The monoisotopic (exact) mass is 414 g/mol. The van der Waals surface area contributed by atoms with Crippen molar-refractivity contribution in [3.8, 4) is 11.4 Å². The van der Waals surface area contributed by atoms with Gasteiger partial charge < -0.3 is 4.52 Å². The van der Waals surface area contributed by atoms with Crippen molar-refractivity contribution in [3.63, 3.8) is 0 Å². The highest BCUT2D eigenvalue weighted by molar-refractivity contribution is 5.96. The SMILES string of the molecule is O=C(CCc1ccc(-c2noc(C(F)(F)F)n2)cc1)c1cccc(C(F)(F)F)c1. The van der Waals surface area contributed by atoms with Gasteiger partial charge in [-0.15, -0.1) is 0 Å². The van der Waals surface area contributed by atoms with Gasteiger partial charge in [-0.25, -0.2) is 0 Å². The second-order valence-electron chi connectivity index (χ2n) is 6.12. The fourth-order valence-electron chi connectivity index (χ4n) is 2.55. The lowest BCUT2D eigenvalue weighted by Gasteiger charge is -2.08. The van der Waals surface area contributed by atoms with Gasteiger partial charge >= 0.3 is 18.2 Å². The number of alkyl halides is 6. The molecule has 1 aromatic heterocycles. The molecule has 0 bridgehead atoms. The highest BCUT2D eigenvalue weighted by Gasteiger charge is 2.38. The molecule has 0 saturated carbocycles. The third-order valence-corrected chi connectivity index (χ3v) is 4.03. The zero-order chi connectivity index (χ0) is 21.2. The number of aromatic nitrogens is 2. The highest BCUT2D eigenvalue weighted by atomic mass is 19.4. The van der Waals surface area contributed by atoms with E-state index in [-0.39, 0.29) is 29.8 Å². The Morgan fingerprint density at radius 2 is 1.62 bits per heavy atom. The van der Waals surface area contributed by atoms with Gasteiger partial charge in [0.15, 0.2) is 5.78 Å². The maximum absolute atomic E-state index is 12.7. The number of hydrogen-bond acceptors (Lipinski definition) is 4. The van der Waals surface area contributed by atoms with Gasteiger partial charge in [0.05, 0.1) is 5.56 Å². The molecule has 4 nitrogen and oxygen atoms in total. The summed E-state index contributed by atoms with van der Waals surface area (Å²) in [6.45, 7) is 0. The van der Waals surface area contributed by atoms with E-state index in [1.54, 1.807) is 12.1 Å². The van der Waals surface area contributed by atoms with Crippen LogP contribution < -0.4 is 0 Å². The molecule has 1 heterocycles. The van der Waals surface area contributed by atoms with Crippen molar-refractivity contribution in [1.29, 1.82) is 0 Å². The summed E-state index contributed by atoms with van der Waals surface area (Å²) in [4.78, 5) is 15.5. The smallest absolute Gasteiger partial charge is 0.329 e. The largest absolute Gasteiger partial charge is 0.471 e. The molecule has 0 amide bonds. The fraction of sp³-hybridized carbons (Fsp3) is 0.211. The van der Waals surface area contributed by atoms with Crippen molar-refractivity contribution in [2.45, 2.75) is 25.2 Å². The predicted molar refractivity (Wildman–Crippen MR) is 88.8 cm³/mol. The zero-order valence-corrected chi connectivity index (χ0v) is 14.5. The fourth-order valence-corrected chi connectivity index (χ4v) is 2.55. The molecule has 0 spiro atoms. The number of carbonyl (C=O) groups is 1. The molecule has 0 N–H and O–H groups in total. The van der Waals surface area contributed by atoms with Crippen LogP contribution in [0.2, 0.25) is 0 Å². The second kappa shape index (κ2) is 7.69. The van der Waals surface area contributed by atoms with E-state index in [9.17, 15) is 31.1 Å². The van der Waals surface area contributed by atoms with Crippen molar-refractivity contribution in [1.82, 2.24) is 10.1 Å². The van der Waals surface area contributed by atoms with E-state index in [1.807, 2.05) is 0 Å². The van der Waals surface area contributed by atoms with Gasteiger partial charge in [0, 0.05) is 17.5 Å². The number of rotatable bonds is 5. The van der Waals surface area contributed by atoms with Gasteiger partial charge in [0.25, 0.3) is 0 Å². The maximum atomic E-state index is 12.7. The number of ketones is 1. The maximum Gasteiger partial charge on any atom is 0.471 e. The van der Waals surface area contributed by atoms with Crippen LogP contribution in [0.5, 0.6) is 0 Å². The van der Waals surface area contributed by atoms with E-state index < -0.39 is 29.6 Å². The number of hydrogen-bond donors (Lipinski definition) is 0. The van der Waals surface area contributed by atoms with Crippen LogP contribution in [0, 0.1) is 0 Å². The number of nitrogens with zero attached hydrogens (tertiary/aromatic N) is 2. The van der Waals surface area contributed by atoms with E-state index >= 15 is 0 Å². The molecule has 3 rings (SSSR count). The summed E-state index contributed by atoms with van der Waals surface area (Å²) in [6.07, 6.45) is -9.06. The normalized spacial score (nSPS) is 12.2. The summed E-state index contributed by atoms with van der Waals surface area (Å²) < 4.78 is 79.9. The Hall–Kier alpha value is -3.17. The summed E-state index contributed by atoms with van der Waals surface area (Å²) in [5, 5.41) is 3.27. The topological polar surface area (TPSA) is 56.0 Å². The van der Waals surface area contributed by atoms with E-state index in [1.165, 1.54) is 24.3 Å². The summed E-state index contributed by atoms with van der Waals surface area (Å²) in [5.74, 6) is -2.14. The molecule has 0 unspecified atom stereocenters. The second-order valence-corrected chi connectivity index (χ2v) is 6.12. The van der Waals surface area contributed by atoms with E-state index in [0.717, 1.165) is 12.1 Å². The third-order valence-electron chi connectivity index (χ3n) is 4.03. The molecule has 3 aromatic rings. The Morgan fingerprint density at radius 3 is 2.21 bits per heavy atom. The first-order chi connectivity index (χ1) is 13.5. The molecule has 0 saturated heterocycles. The van der Waals surface area contributed by atoms with Gasteiger partial charge in [-0.1, -0.05) is 41.6 Å². The lowest BCUT2D eigenvalue weighted by atomic mass is 10.0. The van der Waals surface area contributed by atoms with Crippen LogP contribution in [0.15, 0.2) is 53.1 Å². The van der Waals surface area contributed by atoms with E-state index in [4.69, 9.17) is 0 Å². The highest BCUT2D eigenvalue weighted by Crippen LogP contribution is 2.30. The average molecular weight is 414 g/mol. The van der Waals surface area contributed by atoms with Crippen LogP contribution >= 0.6 is 0 Å². The van der Waals surface area contributed by atoms with Gasteiger partial charge in [-0.2, -0.15) is 31.3 Å². The molecule has 0 aliphatic heterocycles. The minimum Gasteiger partial charge on any atom is -0.329 e. The van der Waals surface area contributed by atoms with Crippen LogP contribution in [-0.2, 0) is 18.8 Å². The van der Waals surface area contributed by atoms with Crippen LogP contribution in [0.3, 0.4) is 0 Å². The number of benzene rings is 2. The molecule has 0 fully saturated rings. The number of aryl methyl sites for hydroxylation is 1. The number of carbonyl (C=O) groups excluding carboxylic acids is 1. The molecule has 10 heteroatoms. The molecular weight excluding hydrogens is 402 g/mol. The molecule has 0 aliphatic carbocycles. The summed E-state index contributed by atoms with van der Waals surface area (Å²) in [5.41, 5.74) is 0.0276. The van der Waals surface area contributed by atoms with Crippen molar-refractivity contribution in [2.75, 3.05) is 0 Å². The standard InChI is InChI=1S/C19H12F6N2O2/c20-18(21,22)14-3-1-2-13(10-14)15(28)9-6-11-4-7-12(8-5-11)16-26-17(29-27-16)19(23,24)25/h1-5,7-8,10H,6,9H2. The van der Waals surface area contributed by atoms with Crippen molar-refractivity contribution >= 4 is 5.78 Å². The summed E-state index contributed by atoms with van der Waals surface area (Å²) in [7, 11) is 0. The minimum atomic E-state index is -4.74. The molecule has 0 atom stereocenters. The zero-order valence-electron chi connectivity index (χ0n) is 14.5.